The molecule has 3 rings (SSSR count). The second-order valence-corrected chi connectivity index (χ2v) is 5.40. The monoisotopic (exact) mass is 270 g/mol. The van der Waals surface area contributed by atoms with Crippen LogP contribution in [0.4, 0.5) is 0 Å². The molecule has 2 N–H and O–H groups in total. The quantitative estimate of drug-likeness (QED) is 0.762. The summed E-state index contributed by atoms with van der Waals surface area (Å²) in [4.78, 5) is 0. The van der Waals surface area contributed by atoms with Gasteiger partial charge >= 0.3 is 0 Å². The summed E-state index contributed by atoms with van der Waals surface area (Å²) in [5, 5.41) is 23.8. The molecular formula is C16H14O2S. The summed E-state index contributed by atoms with van der Waals surface area (Å²) in [6.07, 6.45) is -1.82. The van der Waals surface area contributed by atoms with E-state index in [0.717, 1.165) is 21.2 Å². The van der Waals surface area contributed by atoms with Gasteiger partial charge in [-0.2, -0.15) is 0 Å². The fraction of sp³-hybridized carbons (Fsp3) is 0.125. The summed E-state index contributed by atoms with van der Waals surface area (Å²) < 4.78 is 1.03. The molecule has 0 amide bonds. The van der Waals surface area contributed by atoms with E-state index in [-0.39, 0.29) is 0 Å². The number of aliphatic hydroxyl groups excluding tert-OH is 2. The van der Waals surface area contributed by atoms with Crippen LogP contribution in [0.3, 0.4) is 0 Å². The van der Waals surface area contributed by atoms with Crippen molar-refractivity contribution in [2.24, 2.45) is 0 Å². The molecule has 2 unspecified atom stereocenters. The van der Waals surface area contributed by atoms with E-state index in [1.54, 1.807) is 11.3 Å². The molecule has 19 heavy (non-hydrogen) atoms. The van der Waals surface area contributed by atoms with Gasteiger partial charge < -0.3 is 10.2 Å². The van der Waals surface area contributed by atoms with Crippen molar-refractivity contribution >= 4 is 21.4 Å². The largest absolute Gasteiger partial charge is 0.385 e. The van der Waals surface area contributed by atoms with Crippen molar-refractivity contribution in [3.8, 4) is 0 Å². The summed E-state index contributed by atoms with van der Waals surface area (Å²) in [6, 6.07) is 17.1. The van der Waals surface area contributed by atoms with Crippen LogP contribution in [0.2, 0.25) is 0 Å². The van der Waals surface area contributed by atoms with E-state index < -0.39 is 12.2 Å². The maximum atomic E-state index is 10.4. The lowest BCUT2D eigenvalue weighted by Crippen LogP contribution is -2.10. The zero-order chi connectivity index (χ0) is 13.2. The number of hydrogen-bond donors (Lipinski definition) is 2. The van der Waals surface area contributed by atoms with E-state index in [4.69, 9.17) is 0 Å². The molecule has 0 aliphatic rings. The Bertz CT molecular complexity index is 675. The Balaban J connectivity index is 2.00. The summed E-state index contributed by atoms with van der Waals surface area (Å²) in [7, 11) is 0. The molecule has 0 radical (unpaired) electrons. The van der Waals surface area contributed by atoms with Crippen LogP contribution in [0.15, 0.2) is 60.0 Å². The van der Waals surface area contributed by atoms with Crippen LogP contribution in [0.1, 0.15) is 23.3 Å². The van der Waals surface area contributed by atoms with Crippen molar-refractivity contribution in [2.45, 2.75) is 12.2 Å². The Hall–Kier alpha value is -1.68. The van der Waals surface area contributed by atoms with E-state index in [0.29, 0.717) is 0 Å². The Morgan fingerprint density at radius 2 is 1.58 bits per heavy atom. The Labute approximate surface area is 115 Å². The summed E-state index contributed by atoms with van der Waals surface area (Å²) in [6.45, 7) is 0. The predicted molar refractivity (Wildman–Crippen MR) is 78.2 cm³/mol. The summed E-state index contributed by atoms with van der Waals surface area (Å²) in [5.74, 6) is 0. The van der Waals surface area contributed by atoms with Crippen molar-refractivity contribution in [1.29, 1.82) is 0 Å². The molecule has 1 heterocycles. The fourth-order valence-corrected chi connectivity index (χ4v) is 3.20. The molecule has 0 aliphatic carbocycles. The van der Waals surface area contributed by atoms with Gasteiger partial charge in [-0.1, -0.05) is 48.5 Å². The molecule has 0 saturated heterocycles. The third-order valence-corrected chi connectivity index (χ3v) is 4.25. The minimum Gasteiger partial charge on any atom is -0.385 e. The van der Waals surface area contributed by atoms with Crippen LogP contribution < -0.4 is 0 Å². The Morgan fingerprint density at radius 3 is 2.37 bits per heavy atom. The minimum absolute atomic E-state index is 0.726. The van der Waals surface area contributed by atoms with Gasteiger partial charge in [0.15, 0.2) is 0 Å². The van der Waals surface area contributed by atoms with E-state index in [1.807, 2.05) is 60.0 Å². The van der Waals surface area contributed by atoms with Crippen molar-refractivity contribution in [2.75, 3.05) is 0 Å². The lowest BCUT2D eigenvalue weighted by atomic mass is 9.98. The second-order valence-electron chi connectivity index (χ2n) is 4.49. The first-order valence-electron chi connectivity index (χ1n) is 6.14. The standard InChI is InChI=1S/C16H14O2S/c17-14(11-5-2-1-3-6-11)15(18)13-8-4-7-12-9-10-19-16(12)13/h1-10,14-15,17-18H. The van der Waals surface area contributed by atoms with Crippen LogP contribution in [-0.4, -0.2) is 10.2 Å². The zero-order valence-electron chi connectivity index (χ0n) is 10.2. The van der Waals surface area contributed by atoms with Crippen molar-refractivity contribution < 1.29 is 10.2 Å². The lowest BCUT2D eigenvalue weighted by Gasteiger charge is -2.19. The normalized spacial score (nSPS) is 14.4. The first-order chi connectivity index (χ1) is 9.27. The molecular weight excluding hydrogens is 256 g/mol. The van der Waals surface area contributed by atoms with Crippen molar-refractivity contribution in [1.82, 2.24) is 0 Å². The highest BCUT2D eigenvalue weighted by Crippen LogP contribution is 2.35. The molecule has 0 fully saturated rings. The molecule has 1 aromatic heterocycles. The maximum absolute atomic E-state index is 10.4. The van der Waals surface area contributed by atoms with Crippen LogP contribution >= 0.6 is 11.3 Å². The predicted octanol–water partition coefficient (Wildman–Crippen LogP) is 3.67. The Morgan fingerprint density at radius 1 is 0.789 bits per heavy atom. The molecule has 2 aromatic carbocycles. The number of benzene rings is 2. The maximum Gasteiger partial charge on any atom is 0.110 e. The fourth-order valence-electron chi connectivity index (χ4n) is 2.25. The summed E-state index contributed by atoms with van der Waals surface area (Å²) >= 11 is 1.58. The van der Waals surface area contributed by atoms with E-state index in [2.05, 4.69) is 0 Å². The Kier molecular flexibility index (Phi) is 3.34. The average molecular weight is 270 g/mol. The van der Waals surface area contributed by atoms with Gasteiger partial charge in [-0.05, 0) is 22.4 Å². The minimum atomic E-state index is -0.912. The van der Waals surface area contributed by atoms with E-state index in [1.165, 1.54) is 0 Å². The van der Waals surface area contributed by atoms with Gasteiger partial charge in [0.05, 0.1) is 0 Å². The van der Waals surface area contributed by atoms with Crippen LogP contribution in [0.25, 0.3) is 10.1 Å². The molecule has 2 nitrogen and oxygen atoms in total. The highest BCUT2D eigenvalue weighted by molar-refractivity contribution is 7.17. The van der Waals surface area contributed by atoms with E-state index in [9.17, 15) is 10.2 Å². The summed E-state index contributed by atoms with van der Waals surface area (Å²) in [5.41, 5.74) is 1.51. The highest BCUT2D eigenvalue weighted by Gasteiger charge is 2.22. The van der Waals surface area contributed by atoms with Crippen molar-refractivity contribution in [3.63, 3.8) is 0 Å². The zero-order valence-corrected chi connectivity index (χ0v) is 11.0. The van der Waals surface area contributed by atoms with Gasteiger partial charge in [-0.25, -0.2) is 0 Å². The van der Waals surface area contributed by atoms with Crippen molar-refractivity contribution in [3.05, 3.63) is 71.1 Å². The molecule has 0 bridgehead atoms. The molecule has 0 saturated carbocycles. The number of thiophene rings is 1. The SMILES string of the molecule is OC(c1ccccc1)C(O)c1cccc2ccsc12. The number of fused-ring (bicyclic) bond motifs is 1. The molecule has 96 valence electrons. The van der Waals surface area contributed by atoms with Gasteiger partial charge in [0.1, 0.15) is 12.2 Å². The first-order valence-corrected chi connectivity index (χ1v) is 7.02. The van der Waals surface area contributed by atoms with Crippen LogP contribution in [0, 0.1) is 0 Å². The third kappa shape index (κ3) is 2.28. The molecule has 3 heteroatoms. The molecule has 3 aromatic rings. The molecule has 2 atom stereocenters. The first kappa shape index (κ1) is 12.4. The topological polar surface area (TPSA) is 40.5 Å². The molecule has 0 aliphatic heterocycles. The molecule has 0 spiro atoms. The number of aliphatic hydroxyl groups is 2. The van der Waals surface area contributed by atoms with Gasteiger partial charge in [0, 0.05) is 10.3 Å². The average Bonchev–Trinajstić information content (AvgIpc) is 2.95. The second kappa shape index (κ2) is 5.13. The third-order valence-electron chi connectivity index (χ3n) is 3.27. The van der Waals surface area contributed by atoms with Gasteiger partial charge in [-0.15, -0.1) is 11.3 Å². The highest BCUT2D eigenvalue weighted by atomic mass is 32.1. The number of hydrogen-bond acceptors (Lipinski definition) is 3. The van der Waals surface area contributed by atoms with Gasteiger partial charge in [-0.3, -0.25) is 0 Å². The van der Waals surface area contributed by atoms with Crippen LogP contribution in [0.5, 0.6) is 0 Å². The smallest absolute Gasteiger partial charge is 0.110 e. The van der Waals surface area contributed by atoms with Crippen LogP contribution in [-0.2, 0) is 0 Å². The lowest BCUT2D eigenvalue weighted by molar-refractivity contribution is 0.0182. The van der Waals surface area contributed by atoms with E-state index >= 15 is 0 Å². The van der Waals surface area contributed by atoms with Gasteiger partial charge in [0.25, 0.3) is 0 Å². The van der Waals surface area contributed by atoms with Gasteiger partial charge in [0.2, 0.25) is 0 Å². The number of rotatable bonds is 3.